The zero-order valence-corrected chi connectivity index (χ0v) is 12.8. The standard InChI is InChI=1S/C16H15F2N3O3/c1-24-5-4-20-15(22)10-6-11(9-19-8-10)16(23)21-12-2-3-13(17)14(18)7-12/h2-3,6-9H,4-5H2,1H3,(H,20,22)(H,21,23). The van der Waals surface area contributed by atoms with Gasteiger partial charge in [0.05, 0.1) is 17.7 Å². The van der Waals surface area contributed by atoms with Gasteiger partial charge in [-0.1, -0.05) is 0 Å². The third-order valence-electron chi connectivity index (χ3n) is 3.03. The smallest absolute Gasteiger partial charge is 0.257 e. The third-order valence-corrected chi connectivity index (χ3v) is 3.03. The van der Waals surface area contributed by atoms with Crippen molar-refractivity contribution >= 4 is 17.5 Å². The molecule has 24 heavy (non-hydrogen) atoms. The van der Waals surface area contributed by atoms with Gasteiger partial charge in [-0.15, -0.1) is 0 Å². The summed E-state index contributed by atoms with van der Waals surface area (Å²) in [6.07, 6.45) is 2.58. The Kier molecular flexibility index (Phi) is 5.91. The second-order valence-electron chi connectivity index (χ2n) is 4.79. The molecule has 2 amide bonds. The van der Waals surface area contributed by atoms with E-state index < -0.39 is 23.4 Å². The van der Waals surface area contributed by atoms with Crippen LogP contribution in [0.3, 0.4) is 0 Å². The maximum absolute atomic E-state index is 13.1. The second-order valence-corrected chi connectivity index (χ2v) is 4.79. The lowest BCUT2D eigenvalue weighted by Gasteiger charge is -2.07. The summed E-state index contributed by atoms with van der Waals surface area (Å²) in [7, 11) is 1.51. The van der Waals surface area contributed by atoms with Crippen molar-refractivity contribution in [3.8, 4) is 0 Å². The highest BCUT2D eigenvalue weighted by Crippen LogP contribution is 2.14. The number of halogens is 2. The number of anilines is 1. The summed E-state index contributed by atoms with van der Waals surface area (Å²) in [4.78, 5) is 27.9. The Morgan fingerprint density at radius 2 is 1.79 bits per heavy atom. The summed E-state index contributed by atoms with van der Waals surface area (Å²) in [6.45, 7) is 0.677. The lowest BCUT2D eigenvalue weighted by molar-refractivity contribution is 0.0936. The fraction of sp³-hybridized carbons (Fsp3) is 0.188. The van der Waals surface area contributed by atoms with Crippen molar-refractivity contribution in [1.82, 2.24) is 10.3 Å². The van der Waals surface area contributed by atoms with E-state index >= 15 is 0 Å². The Bertz CT molecular complexity index is 753. The number of methoxy groups -OCH3 is 1. The highest BCUT2D eigenvalue weighted by Gasteiger charge is 2.12. The second kappa shape index (κ2) is 8.11. The number of pyridine rings is 1. The molecule has 1 aromatic heterocycles. The van der Waals surface area contributed by atoms with Gasteiger partial charge >= 0.3 is 0 Å². The number of benzene rings is 1. The molecule has 8 heteroatoms. The van der Waals surface area contributed by atoms with Crippen molar-refractivity contribution < 1.29 is 23.1 Å². The lowest BCUT2D eigenvalue weighted by atomic mass is 10.2. The van der Waals surface area contributed by atoms with Gasteiger partial charge < -0.3 is 15.4 Å². The van der Waals surface area contributed by atoms with Gasteiger partial charge in [0.15, 0.2) is 11.6 Å². The van der Waals surface area contributed by atoms with Crippen LogP contribution >= 0.6 is 0 Å². The summed E-state index contributed by atoms with van der Waals surface area (Å²) in [5, 5.41) is 5.01. The maximum Gasteiger partial charge on any atom is 0.257 e. The van der Waals surface area contributed by atoms with E-state index in [1.54, 1.807) is 0 Å². The van der Waals surface area contributed by atoms with Crippen molar-refractivity contribution in [2.75, 3.05) is 25.6 Å². The normalized spacial score (nSPS) is 10.3. The Morgan fingerprint density at radius 1 is 1.08 bits per heavy atom. The highest BCUT2D eigenvalue weighted by atomic mass is 19.2. The van der Waals surface area contributed by atoms with Crippen molar-refractivity contribution in [3.05, 3.63) is 59.4 Å². The van der Waals surface area contributed by atoms with Gasteiger partial charge in [-0.05, 0) is 18.2 Å². The number of carbonyl (C=O) groups is 2. The number of nitrogens with one attached hydrogen (secondary N) is 2. The zero-order valence-electron chi connectivity index (χ0n) is 12.8. The average molecular weight is 335 g/mol. The Labute approximate surface area is 136 Å². The molecule has 0 aliphatic carbocycles. The van der Waals surface area contributed by atoms with Gasteiger partial charge in [0.1, 0.15) is 0 Å². The molecule has 0 aliphatic rings. The average Bonchev–Trinajstić information content (AvgIpc) is 2.58. The molecule has 0 bridgehead atoms. The van der Waals surface area contributed by atoms with Gasteiger partial charge in [0.25, 0.3) is 11.8 Å². The van der Waals surface area contributed by atoms with Crippen molar-refractivity contribution in [1.29, 1.82) is 0 Å². The van der Waals surface area contributed by atoms with E-state index in [2.05, 4.69) is 15.6 Å². The molecule has 1 heterocycles. The lowest BCUT2D eigenvalue weighted by Crippen LogP contribution is -2.27. The van der Waals surface area contributed by atoms with E-state index in [-0.39, 0.29) is 16.8 Å². The quantitative estimate of drug-likeness (QED) is 0.791. The summed E-state index contributed by atoms with van der Waals surface area (Å²) in [5.41, 5.74) is 0.400. The molecular weight excluding hydrogens is 320 g/mol. The summed E-state index contributed by atoms with van der Waals surface area (Å²) < 4.78 is 30.8. The summed E-state index contributed by atoms with van der Waals surface area (Å²) in [5.74, 6) is -3.08. The molecule has 2 N–H and O–H groups in total. The number of carbonyl (C=O) groups excluding carboxylic acids is 2. The van der Waals surface area contributed by atoms with E-state index in [9.17, 15) is 18.4 Å². The highest BCUT2D eigenvalue weighted by molar-refractivity contribution is 6.05. The Balaban J connectivity index is 2.08. The predicted octanol–water partition coefficient (Wildman–Crippen LogP) is 1.99. The molecule has 0 spiro atoms. The molecule has 2 rings (SSSR count). The minimum atomic E-state index is -1.07. The number of ether oxygens (including phenoxy) is 1. The van der Waals surface area contributed by atoms with Crippen LogP contribution in [-0.2, 0) is 4.74 Å². The molecule has 0 atom stereocenters. The monoisotopic (exact) mass is 335 g/mol. The van der Waals surface area contributed by atoms with Gasteiger partial charge in [-0.3, -0.25) is 14.6 Å². The zero-order chi connectivity index (χ0) is 17.5. The molecule has 2 aromatic rings. The van der Waals surface area contributed by atoms with Crippen LogP contribution < -0.4 is 10.6 Å². The first kappa shape index (κ1) is 17.5. The molecule has 0 aliphatic heterocycles. The fourth-order valence-corrected chi connectivity index (χ4v) is 1.83. The van der Waals surface area contributed by atoms with Gasteiger partial charge in [0.2, 0.25) is 0 Å². The molecule has 0 saturated carbocycles. The van der Waals surface area contributed by atoms with Gasteiger partial charge in [0, 0.05) is 37.8 Å². The van der Waals surface area contributed by atoms with E-state index in [0.717, 1.165) is 12.1 Å². The SMILES string of the molecule is COCCNC(=O)c1cncc(C(=O)Nc2ccc(F)c(F)c2)c1. The molecule has 0 saturated heterocycles. The number of rotatable bonds is 6. The molecule has 0 fully saturated rings. The van der Waals surface area contributed by atoms with E-state index in [1.807, 2.05) is 0 Å². The topological polar surface area (TPSA) is 80.3 Å². The largest absolute Gasteiger partial charge is 0.383 e. The van der Waals surface area contributed by atoms with E-state index in [0.29, 0.717) is 13.2 Å². The Morgan fingerprint density at radius 3 is 2.46 bits per heavy atom. The number of nitrogens with zero attached hydrogens (tertiary/aromatic N) is 1. The van der Waals surface area contributed by atoms with E-state index in [1.165, 1.54) is 31.6 Å². The molecule has 126 valence electrons. The number of aromatic nitrogens is 1. The van der Waals surface area contributed by atoms with E-state index in [4.69, 9.17) is 4.74 Å². The molecule has 1 aromatic carbocycles. The van der Waals surface area contributed by atoms with Crippen LogP contribution in [0.4, 0.5) is 14.5 Å². The van der Waals surface area contributed by atoms with Crippen LogP contribution in [0.15, 0.2) is 36.7 Å². The predicted molar refractivity (Wildman–Crippen MR) is 82.8 cm³/mol. The van der Waals surface area contributed by atoms with Gasteiger partial charge in [-0.25, -0.2) is 8.78 Å². The number of hydrogen-bond acceptors (Lipinski definition) is 4. The summed E-state index contributed by atoms with van der Waals surface area (Å²) >= 11 is 0. The minimum Gasteiger partial charge on any atom is -0.383 e. The first-order chi connectivity index (χ1) is 11.5. The molecular formula is C16H15F2N3O3. The number of hydrogen-bond donors (Lipinski definition) is 2. The fourth-order valence-electron chi connectivity index (χ4n) is 1.83. The van der Waals surface area contributed by atoms with Crippen LogP contribution in [0, 0.1) is 11.6 Å². The molecule has 6 nitrogen and oxygen atoms in total. The summed E-state index contributed by atoms with van der Waals surface area (Å²) in [6, 6.07) is 4.35. The maximum atomic E-state index is 13.1. The van der Waals surface area contributed by atoms with Crippen LogP contribution in [-0.4, -0.2) is 37.1 Å². The first-order valence-corrected chi connectivity index (χ1v) is 7.00. The third kappa shape index (κ3) is 4.56. The van der Waals surface area contributed by atoms with Crippen molar-refractivity contribution in [2.24, 2.45) is 0 Å². The minimum absolute atomic E-state index is 0.0915. The van der Waals surface area contributed by atoms with Crippen LogP contribution in [0.2, 0.25) is 0 Å². The van der Waals surface area contributed by atoms with Crippen molar-refractivity contribution in [2.45, 2.75) is 0 Å². The molecule has 0 radical (unpaired) electrons. The van der Waals surface area contributed by atoms with Crippen LogP contribution in [0.1, 0.15) is 20.7 Å². The van der Waals surface area contributed by atoms with Crippen LogP contribution in [0.25, 0.3) is 0 Å². The Hall–Kier alpha value is -2.87. The number of amides is 2. The van der Waals surface area contributed by atoms with Gasteiger partial charge in [-0.2, -0.15) is 0 Å². The van der Waals surface area contributed by atoms with Crippen LogP contribution in [0.5, 0.6) is 0 Å². The first-order valence-electron chi connectivity index (χ1n) is 7.00. The van der Waals surface area contributed by atoms with Crippen molar-refractivity contribution in [3.63, 3.8) is 0 Å². The molecule has 0 unspecified atom stereocenters.